The zero-order valence-corrected chi connectivity index (χ0v) is 47.8. The van der Waals surface area contributed by atoms with Crippen LogP contribution < -0.4 is 0 Å². The molecular formula is C49H42BrF7O12S8. The Morgan fingerprint density at radius 3 is 0.961 bits per heavy atom. The highest BCUT2D eigenvalue weighted by Crippen LogP contribution is 2.23. The van der Waals surface area contributed by atoms with E-state index in [0.29, 0.717) is 12.1 Å². The van der Waals surface area contributed by atoms with Gasteiger partial charge in [0.1, 0.15) is 106 Å². The van der Waals surface area contributed by atoms with E-state index in [0.717, 1.165) is 56.0 Å². The van der Waals surface area contributed by atoms with Crippen LogP contribution in [0.4, 0.5) is 30.7 Å². The zero-order valence-electron chi connectivity index (χ0n) is 39.0. The summed E-state index contributed by atoms with van der Waals surface area (Å²) >= 11 is 16.1. The molecule has 0 bridgehead atoms. The number of benzene rings is 8. The lowest BCUT2D eigenvalue weighted by molar-refractivity contribution is 0.436. The summed E-state index contributed by atoms with van der Waals surface area (Å²) in [6.45, 7) is 1.43. The topological polar surface area (TPSA) is 229 Å². The van der Waals surface area contributed by atoms with E-state index in [1.165, 1.54) is 13.0 Å². The lowest BCUT2D eigenvalue weighted by Gasteiger charge is -2.09. The Bertz CT molecular complexity index is 3380. The molecular weight excluding hydrogens is 1250 g/mol. The molecule has 8 aromatic rings. The van der Waals surface area contributed by atoms with Gasteiger partial charge in [-0.05, 0) is 176 Å². The van der Waals surface area contributed by atoms with Gasteiger partial charge in [-0.25, -0.2) is 64.4 Å². The number of hydrogen-bond donors (Lipinski definition) is 0. The monoisotopic (exact) mass is 1290 g/mol. The van der Waals surface area contributed by atoms with Crippen LogP contribution >= 0.6 is 15.9 Å². The van der Waals surface area contributed by atoms with Crippen molar-refractivity contribution in [2.75, 3.05) is 0 Å². The van der Waals surface area contributed by atoms with Crippen LogP contribution in [-0.2, 0) is 91.0 Å². The van der Waals surface area contributed by atoms with Crippen LogP contribution in [0.15, 0.2) is 232 Å². The van der Waals surface area contributed by atoms with Gasteiger partial charge in [0.05, 0.1) is 19.2 Å². The standard InChI is InChI=1S/C7H7FO3S.C6H3BrF2O3S.C6H3F3O3S.C6H5FO3S.4C6H6S/c1-5-2-3-6(8)4-7(5)12(9,10)11;7-3-1-5(9)6(2-4(3)8)13(10,11)12;7-3-1-4(8)6(5(9)2-3)13(10,11)12;7-5-1-3-6(4-2-5)11(8,9)10;4*7-6-4-2-1-3-5-6/h2-4H,1H3,(H,9,10,11);2*1-2H,(H,10,11,12);1-4H,(H,8,9,10);4*1-5,7H. The number of hydrogen-bond acceptors (Lipinski definition) is 12. The molecule has 0 amide bonds. The Morgan fingerprint density at radius 1 is 0.351 bits per heavy atom. The molecule has 12 nitrogen and oxygen atoms in total. The average Bonchev–Trinajstić information content (AvgIpc) is 3.32. The molecule has 0 saturated carbocycles. The van der Waals surface area contributed by atoms with Crippen LogP contribution in [0.25, 0.3) is 0 Å². The fourth-order valence-electron chi connectivity index (χ4n) is 4.66. The van der Waals surface area contributed by atoms with E-state index in [2.05, 4.69) is 66.4 Å². The quantitative estimate of drug-likeness (QED) is 0.0698. The molecule has 414 valence electrons. The van der Waals surface area contributed by atoms with Crippen molar-refractivity contribution in [3.8, 4) is 0 Å². The van der Waals surface area contributed by atoms with E-state index in [1.807, 2.05) is 121 Å². The van der Waals surface area contributed by atoms with Crippen LogP contribution in [0.5, 0.6) is 0 Å². The first kappa shape index (κ1) is 69.8. The van der Waals surface area contributed by atoms with Gasteiger partial charge in [-0.1, -0.05) is 78.9 Å². The molecule has 0 N–H and O–H groups in total. The Labute approximate surface area is 470 Å². The van der Waals surface area contributed by atoms with Crippen molar-refractivity contribution >= 4 is 107 Å². The summed E-state index contributed by atoms with van der Waals surface area (Å²) in [5, 5.41) is 0. The molecule has 0 aliphatic carbocycles. The highest BCUT2D eigenvalue weighted by Gasteiger charge is 2.17. The summed E-state index contributed by atoms with van der Waals surface area (Å²) in [7, 11) is -19.2. The van der Waals surface area contributed by atoms with E-state index >= 15 is 0 Å². The van der Waals surface area contributed by atoms with Crippen LogP contribution in [0.2, 0.25) is 0 Å². The number of halogens is 8. The first-order chi connectivity index (χ1) is 35.6. The van der Waals surface area contributed by atoms with Crippen molar-refractivity contribution in [2.24, 2.45) is 0 Å². The molecule has 8 rings (SSSR count). The lowest BCUT2D eigenvalue weighted by atomic mass is 10.2. The molecule has 77 heavy (non-hydrogen) atoms. The van der Waals surface area contributed by atoms with Gasteiger partial charge < -0.3 is 18.2 Å². The van der Waals surface area contributed by atoms with E-state index in [1.54, 1.807) is 0 Å². The molecule has 8 aromatic carbocycles. The molecule has 0 saturated heterocycles. The SMILES string of the molecule is Cc1ccc(F)cc1S(=O)(=O)[O-].O=S(=O)([O-])c1c(F)cc(F)cc1F.O=S(=O)([O-])c1cc(F)c(Br)cc1F.O=S(=O)([O-])c1ccc(F)cc1.[SH2+]c1ccccc1.[SH2+]c1ccccc1.[SH2+]c1ccccc1.[SH2+]c1ccccc1. The van der Waals surface area contributed by atoms with E-state index in [4.69, 9.17) is 0 Å². The molecule has 28 heteroatoms. The first-order valence-electron chi connectivity index (χ1n) is 20.3. The average molecular weight is 1290 g/mol. The fraction of sp³-hybridized carbons (Fsp3) is 0.0204. The molecule has 0 aliphatic heterocycles. The minimum absolute atomic E-state index is 0.119. The largest absolute Gasteiger partial charge is 0.744 e. The fourth-order valence-corrected chi connectivity index (χ4v) is 8.08. The summed E-state index contributed by atoms with van der Waals surface area (Å²) in [4.78, 5) is 0.749. The summed E-state index contributed by atoms with van der Waals surface area (Å²) in [5.74, 6) is -8.33. The third-order valence-electron chi connectivity index (χ3n) is 8.07. The Morgan fingerprint density at radius 2 is 0.688 bits per heavy atom. The van der Waals surface area contributed by atoms with Gasteiger partial charge in [-0.2, -0.15) is 0 Å². The minimum Gasteiger partial charge on any atom is -0.744 e. The smallest absolute Gasteiger partial charge is 0.150 e. The summed E-state index contributed by atoms with van der Waals surface area (Å²) in [6, 6.07) is 47.8. The minimum atomic E-state index is -5.25. The van der Waals surface area contributed by atoms with Crippen LogP contribution in [0, 0.1) is 47.6 Å². The van der Waals surface area contributed by atoms with Gasteiger partial charge in [0.15, 0.2) is 0 Å². The van der Waals surface area contributed by atoms with Gasteiger partial charge in [-0.3, -0.25) is 0 Å². The third-order valence-corrected chi connectivity index (χ3v) is 13.6. The van der Waals surface area contributed by atoms with E-state index < -0.39 is 101 Å². The molecule has 0 unspecified atom stereocenters. The summed E-state index contributed by atoms with van der Waals surface area (Å²) in [5.41, 5.74) is 0.256. The van der Waals surface area contributed by atoms with Gasteiger partial charge in [-0.15, -0.1) is 0 Å². The van der Waals surface area contributed by atoms with E-state index in [9.17, 15) is 82.6 Å². The van der Waals surface area contributed by atoms with Crippen molar-refractivity contribution in [1.29, 1.82) is 0 Å². The lowest BCUT2D eigenvalue weighted by Crippen LogP contribution is -2.06. The van der Waals surface area contributed by atoms with Crippen molar-refractivity contribution in [2.45, 2.75) is 46.1 Å². The normalized spacial score (nSPS) is 10.6. The maximum Gasteiger partial charge on any atom is 0.150 e. The maximum absolute atomic E-state index is 12.8. The van der Waals surface area contributed by atoms with Crippen LogP contribution in [0.3, 0.4) is 0 Å². The third kappa shape index (κ3) is 29.9. The van der Waals surface area contributed by atoms with Crippen LogP contribution in [0.1, 0.15) is 5.56 Å². The van der Waals surface area contributed by atoms with Gasteiger partial charge in [0, 0.05) is 12.1 Å². The van der Waals surface area contributed by atoms with Gasteiger partial charge in [0.2, 0.25) is 0 Å². The Hall–Kier alpha value is -5.21. The summed E-state index contributed by atoms with van der Waals surface area (Å²) in [6.07, 6.45) is 0. The molecule has 0 heterocycles. The van der Waals surface area contributed by atoms with Crippen molar-refractivity contribution in [3.63, 3.8) is 0 Å². The predicted octanol–water partition coefficient (Wildman–Crippen LogP) is 8.64. The first-order valence-corrected chi connectivity index (χ1v) is 28.8. The van der Waals surface area contributed by atoms with Gasteiger partial charge >= 0.3 is 0 Å². The predicted molar refractivity (Wildman–Crippen MR) is 289 cm³/mol. The molecule has 0 atom stereocenters. The summed E-state index contributed by atoms with van der Waals surface area (Å²) < 4.78 is 211. The van der Waals surface area contributed by atoms with Crippen molar-refractivity contribution in [1.82, 2.24) is 0 Å². The molecule has 0 fully saturated rings. The number of rotatable bonds is 4. The zero-order chi connectivity index (χ0) is 58.7. The Balaban J connectivity index is 0.000000446. The highest BCUT2D eigenvalue weighted by atomic mass is 79.9. The molecule has 0 spiro atoms. The van der Waals surface area contributed by atoms with E-state index in [-0.39, 0.29) is 22.2 Å². The molecule has 0 aromatic heterocycles. The molecule has 0 radical (unpaired) electrons. The van der Waals surface area contributed by atoms with Gasteiger partial charge in [0.25, 0.3) is 0 Å². The highest BCUT2D eigenvalue weighted by molar-refractivity contribution is 9.10. The van der Waals surface area contributed by atoms with Crippen molar-refractivity contribution < 1.29 is 82.6 Å². The second kappa shape index (κ2) is 33.9. The maximum atomic E-state index is 12.8. The second-order valence-electron chi connectivity index (χ2n) is 14.0. The Kier molecular flexibility index (Phi) is 30.8. The number of aryl methyl sites for hydroxylation is 1. The van der Waals surface area contributed by atoms with Crippen LogP contribution in [-0.4, -0.2) is 51.9 Å². The second-order valence-corrected chi connectivity index (χ2v) is 22.6. The molecule has 0 aliphatic rings. The van der Waals surface area contributed by atoms with Crippen molar-refractivity contribution in [3.05, 3.63) is 239 Å².